The van der Waals surface area contributed by atoms with E-state index in [1.807, 2.05) is 12.1 Å². The Morgan fingerprint density at radius 1 is 1.36 bits per heavy atom. The molecule has 0 amide bonds. The smallest absolute Gasteiger partial charge is 0.133 e. The number of hydrogen-bond donors (Lipinski definition) is 2. The molecule has 1 fully saturated rings. The number of carbonyl (C=O) groups is 1. The summed E-state index contributed by atoms with van der Waals surface area (Å²) < 4.78 is 0. The number of carbonyl (C=O) groups excluding carboxylic acids is 1. The van der Waals surface area contributed by atoms with Gasteiger partial charge < -0.3 is 15.2 Å². The molecule has 0 unspecified atom stereocenters. The fourth-order valence-corrected chi connectivity index (χ4v) is 1.71. The topological polar surface area (TPSA) is 49.3 Å². The van der Waals surface area contributed by atoms with Crippen LogP contribution in [0.5, 0.6) is 5.75 Å². The summed E-state index contributed by atoms with van der Waals surface area (Å²) >= 11 is 0. The van der Waals surface area contributed by atoms with Gasteiger partial charge in [0.2, 0.25) is 0 Å². The molecule has 0 radical (unpaired) electrons. The van der Waals surface area contributed by atoms with Gasteiger partial charge in [-0.25, -0.2) is 0 Å². The van der Waals surface area contributed by atoms with Gasteiger partial charge in [0, 0.05) is 5.54 Å². The van der Waals surface area contributed by atoms with Gasteiger partial charge in [0.25, 0.3) is 0 Å². The Kier molecular flexibility index (Phi) is 2.25. The first kappa shape index (κ1) is 9.21. The van der Waals surface area contributed by atoms with Gasteiger partial charge in [0.05, 0.1) is 6.54 Å². The summed E-state index contributed by atoms with van der Waals surface area (Å²) in [5.41, 5.74) is 1.14. The number of aromatic hydroxyl groups is 1. The Morgan fingerprint density at radius 2 is 2.00 bits per heavy atom. The lowest BCUT2D eigenvalue weighted by Gasteiger charge is -2.15. The number of phenolic OH excluding ortho intramolecular Hbond substituents is 1. The minimum absolute atomic E-state index is 0.00535. The van der Waals surface area contributed by atoms with Crippen LogP contribution in [0.1, 0.15) is 18.4 Å². The quantitative estimate of drug-likeness (QED) is 0.702. The normalized spacial score (nSPS) is 17.7. The van der Waals surface area contributed by atoms with Crippen molar-refractivity contribution in [1.82, 2.24) is 5.32 Å². The lowest BCUT2D eigenvalue weighted by molar-refractivity contribution is -0.107. The van der Waals surface area contributed by atoms with E-state index in [9.17, 15) is 4.79 Å². The Bertz CT molecular complexity index is 328. The average molecular weight is 191 g/mol. The molecule has 0 aliphatic heterocycles. The maximum Gasteiger partial charge on any atom is 0.133 e. The molecule has 0 bridgehead atoms. The molecule has 1 aromatic carbocycles. The lowest BCUT2D eigenvalue weighted by atomic mass is 10.0. The van der Waals surface area contributed by atoms with Crippen LogP contribution in [0.4, 0.5) is 0 Å². The number of nitrogens with one attached hydrogen (secondary N) is 1. The van der Waals surface area contributed by atoms with Crippen LogP contribution >= 0.6 is 0 Å². The molecule has 1 aliphatic rings. The van der Waals surface area contributed by atoms with Crippen molar-refractivity contribution >= 4 is 6.29 Å². The zero-order valence-corrected chi connectivity index (χ0v) is 7.86. The van der Waals surface area contributed by atoms with Crippen LogP contribution in [0.2, 0.25) is 0 Å². The molecule has 2 rings (SSSR count). The fraction of sp³-hybridized carbons (Fsp3) is 0.364. The average Bonchev–Trinajstić information content (AvgIpc) is 2.97. The van der Waals surface area contributed by atoms with Gasteiger partial charge in [0.15, 0.2) is 0 Å². The Labute approximate surface area is 82.8 Å². The summed E-state index contributed by atoms with van der Waals surface area (Å²) in [4.78, 5) is 10.3. The first-order valence-corrected chi connectivity index (χ1v) is 4.75. The van der Waals surface area contributed by atoms with Crippen molar-refractivity contribution in [3.05, 3.63) is 29.8 Å². The fourth-order valence-electron chi connectivity index (χ4n) is 1.71. The molecule has 2 N–H and O–H groups in total. The highest BCUT2D eigenvalue weighted by atomic mass is 16.3. The van der Waals surface area contributed by atoms with Crippen LogP contribution < -0.4 is 5.32 Å². The number of benzene rings is 1. The van der Waals surface area contributed by atoms with Gasteiger partial charge in [-0.05, 0) is 30.5 Å². The van der Waals surface area contributed by atoms with Crippen LogP contribution in [-0.2, 0) is 10.3 Å². The number of phenols is 1. The van der Waals surface area contributed by atoms with Crippen molar-refractivity contribution in [3.8, 4) is 5.75 Å². The molecule has 1 aromatic rings. The van der Waals surface area contributed by atoms with E-state index in [4.69, 9.17) is 5.11 Å². The van der Waals surface area contributed by atoms with Crippen molar-refractivity contribution in [2.75, 3.05) is 6.54 Å². The molecule has 1 aliphatic carbocycles. The molecule has 74 valence electrons. The third-order valence-electron chi connectivity index (χ3n) is 2.69. The molecule has 3 heteroatoms. The van der Waals surface area contributed by atoms with Crippen molar-refractivity contribution < 1.29 is 9.90 Å². The summed E-state index contributed by atoms with van der Waals surface area (Å²) in [6.45, 7) is 0.390. The van der Waals surface area contributed by atoms with E-state index in [1.54, 1.807) is 12.1 Å². The molecule has 14 heavy (non-hydrogen) atoms. The number of rotatable bonds is 4. The van der Waals surface area contributed by atoms with Gasteiger partial charge in [-0.15, -0.1) is 0 Å². The van der Waals surface area contributed by atoms with Gasteiger partial charge in [-0.1, -0.05) is 12.1 Å². The highest BCUT2D eigenvalue weighted by Gasteiger charge is 2.43. The van der Waals surface area contributed by atoms with Crippen molar-refractivity contribution in [2.45, 2.75) is 18.4 Å². The van der Waals surface area contributed by atoms with Crippen molar-refractivity contribution in [1.29, 1.82) is 0 Å². The van der Waals surface area contributed by atoms with E-state index < -0.39 is 0 Å². The minimum Gasteiger partial charge on any atom is -0.508 e. The zero-order valence-electron chi connectivity index (χ0n) is 7.86. The molecule has 3 nitrogen and oxygen atoms in total. The largest absolute Gasteiger partial charge is 0.508 e. The second-order valence-electron chi connectivity index (χ2n) is 3.68. The number of hydrogen-bond acceptors (Lipinski definition) is 3. The number of aldehydes is 1. The SMILES string of the molecule is O=CCNC1(c2ccc(O)cc2)CC1. The van der Waals surface area contributed by atoms with Crippen LogP contribution in [0, 0.1) is 0 Å². The molecule has 1 saturated carbocycles. The standard InChI is InChI=1S/C11H13NO2/c13-8-7-12-11(5-6-11)9-1-3-10(14)4-2-9/h1-4,8,12,14H,5-7H2. The van der Waals surface area contributed by atoms with Crippen LogP contribution in [0.15, 0.2) is 24.3 Å². The molecular formula is C11H13NO2. The summed E-state index contributed by atoms with van der Waals surface area (Å²) in [7, 11) is 0. The summed E-state index contributed by atoms with van der Waals surface area (Å²) in [6, 6.07) is 7.16. The maximum absolute atomic E-state index is 10.3. The van der Waals surface area contributed by atoms with Gasteiger partial charge in [0.1, 0.15) is 12.0 Å². The summed E-state index contributed by atoms with van der Waals surface area (Å²) in [5, 5.41) is 12.3. The predicted octanol–water partition coefficient (Wildman–Crippen LogP) is 1.17. The Morgan fingerprint density at radius 3 is 2.50 bits per heavy atom. The van der Waals surface area contributed by atoms with Gasteiger partial charge in [-0.2, -0.15) is 0 Å². The van der Waals surface area contributed by atoms with E-state index in [2.05, 4.69) is 5.32 Å². The lowest BCUT2D eigenvalue weighted by Crippen LogP contribution is -2.30. The second kappa shape index (κ2) is 3.42. The molecule has 0 heterocycles. The molecule has 0 spiro atoms. The van der Waals surface area contributed by atoms with Gasteiger partial charge >= 0.3 is 0 Å². The van der Waals surface area contributed by atoms with E-state index in [1.165, 1.54) is 0 Å². The molecular weight excluding hydrogens is 178 g/mol. The summed E-state index contributed by atoms with van der Waals surface area (Å²) in [5.74, 6) is 0.278. The predicted molar refractivity (Wildman–Crippen MR) is 53.1 cm³/mol. The van der Waals surface area contributed by atoms with Gasteiger partial charge in [-0.3, -0.25) is 0 Å². The van der Waals surface area contributed by atoms with E-state index in [0.717, 1.165) is 24.7 Å². The Hall–Kier alpha value is -1.35. The summed E-state index contributed by atoms with van der Waals surface area (Å²) in [6.07, 6.45) is 3.00. The highest BCUT2D eigenvalue weighted by Crippen LogP contribution is 2.45. The third-order valence-corrected chi connectivity index (χ3v) is 2.69. The van der Waals surface area contributed by atoms with Crippen LogP contribution in [0.3, 0.4) is 0 Å². The van der Waals surface area contributed by atoms with Crippen molar-refractivity contribution in [2.24, 2.45) is 0 Å². The second-order valence-corrected chi connectivity index (χ2v) is 3.68. The molecule has 0 atom stereocenters. The van der Waals surface area contributed by atoms with Crippen molar-refractivity contribution in [3.63, 3.8) is 0 Å². The highest BCUT2D eigenvalue weighted by molar-refractivity contribution is 5.52. The third kappa shape index (κ3) is 1.63. The van der Waals surface area contributed by atoms with E-state index >= 15 is 0 Å². The van der Waals surface area contributed by atoms with E-state index in [-0.39, 0.29) is 11.3 Å². The molecule has 0 saturated heterocycles. The first-order chi connectivity index (χ1) is 6.77. The van der Waals surface area contributed by atoms with Crippen LogP contribution in [0.25, 0.3) is 0 Å². The minimum atomic E-state index is -0.00535. The maximum atomic E-state index is 10.3. The molecule has 0 aromatic heterocycles. The first-order valence-electron chi connectivity index (χ1n) is 4.75. The zero-order chi connectivity index (χ0) is 10.0. The monoisotopic (exact) mass is 191 g/mol. The Balaban J connectivity index is 2.13. The van der Waals surface area contributed by atoms with Crippen LogP contribution in [-0.4, -0.2) is 17.9 Å². The van der Waals surface area contributed by atoms with E-state index in [0.29, 0.717) is 6.54 Å².